The average Bonchev–Trinajstić information content (AvgIpc) is 2.45. The molecular weight excluding hydrogens is 248 g/mol. The maximum Gasteiger partial charge on any atom is 0.333 e. The van der Waals surface area contributed by atoms with Crippen molar-refractivity contribution >= 4 is 11.4 Å². The molecule has 0 spiro atoms. The summed E-state index contributed by atoms with van der Waals surface area (Å²) in [6, 6.07) is 6.60. The number of nitro benzene ring substituents is 1. The Morgan fingerprint density at radius 3 is 2.89 bits per heavy atom. The Hall–Kier alpha value is -2.70. The smallest absolute Gasteiger partial charge is 0.333 e. The largest absolute Gasteiger partial charge is 0.490 e. The van der Waals surface area contributed by atoms with Gasteiger partial charge in [-0.25, -0.2) is 9.97 Å². The van der Waals surface area contributed by atoms with Crippen molar-refractivity contribution in [2.45, 2.75) is 6.54 Å². The number of methoxy groups -OCH3 is 1. The van der Waals surface area contributed by atoms with Gasteiger partial charge in [0.25, 0.3) is 0 Å². The highest BCUT2D eigenvalue weighted by Gasteiger charge is 2.20. The summed E-state index contributed by atoms with van der Waals surface area (Å²) in [6.07, 6.45) is 3.04. The first kappa shape index (κ1) is 12.7. The number of hydrogen-bond acceptors (Lipinski definition) is 6. The third kappa shape index (κ3) is 2.95. The third-order valence-corrected chi connectivity index (χ3v) is 2.50. The summed E-state index contributed by atoms with van der Waals surface area (Å²) in [6.45, 7) is 0.372. The Bertz CT molecular complexity index is 574. The molecule has 98 valence electrons. The van der Waals surface area contributed by atoms with Crippen LogP contribution in [0.4, 0.5) is 11.4 Å². The molecule has 0 bridgehead atoms. The Balaban J connectivity index is 2.23. The van der Waals surface area contributed by atoms with Crippen molar-refractivity contribution in [3.05, 3.63) is 52.6 Å². The van der Waals surface area contributed by atoms with Gasteiger partial charge >= 0.3 is 5.69 Å². The number of nitro groups is 1. The van der Waals surface area contributed by atoms with E-state index in [1.807, 2.05) is 0 Å². The lowest BCUT2D eigenvalue weighted by Gasteiger charge is -2.08. The molecule has 2 aromatic rings. The molecule has 1 aromatic carbocycles. The third-order valence-electron chi connectivity index (χ3n) is 2.50. The van der Waals surface area contributed by atoms with Gasteiger partial charge in [0.2, 0.25) is 0 Å². The van der Waals surface area contributed by atoms with E-state index in [4.69, 9.17) is 4.74 Å². The molecule has 0 aliphatic carbocycles. The summed E-state index contributed by atoms with van der Waals surface area (Å²) in [5.74, 6) is 0.220. The fourth-order valence-corrected chi connectivity index (χ4v) is 1.63. The Morgan fingerprint density at radius 2 is 2.26 bits per heavy atom. The molecule has 0 saturated heterocycles. The molecular formula is C12H12N4O3. The number of anilines is 1. The molecule has 1 aromatic heterocycles. The van der Waals surface area contributed by atoms with Gasteiger partial charge in [-0.2, -0.15) is 0 Å². The first-order valence-corrected chi connectivity index (χ1v) is 5.52. The zero-order valence-corrected chi connectivity index (χ0v) is 10.2. The van der Waals surface area contributed by atoms with Crippen LogP contribution in [0.3, 0.4) is 0 Å². The summed E-state index contributed by atoms with van der Waals surface area (Å²) in [5.41, 5.74) is 1.05. The molecule has 19 heavy (non-hydrogen) atoms. The van der Waals surface area contributed by atoms with Crippen LogP contribution in [0, 0.1) is 10.1 Å². The molecule has 0 atom stereocenters. The van der Waals surface area contributed by atoms with Gasteiger partial charge in [-0.05, 0) is 18.2 Å². The number of hydrogen-bond donors (Lipinski definition) is 1. The fraction of sp³-hybridized carbons (Fsp3) is 0.167. The second-order valence-corrected chi connectivity index (χ2v) is 3.67. The van der Waals surface area contributed by atoms with Crippen molar-refractivity contribution in [1.29, 1.82) is 0 Å². The first-order valence-electron chi connectivity index (χ1n) is 5.52. The lowest BCUT2D eigenvalue weighted by Crippen LogP contribution is -2.05. The van der Waals surface area contributed by atoms with Crippen molar-refractivity contribution in [2.75, 3.05) is 12.4 Å². The standard InChI is InChI=1S/C12H12N4O3/c1-19-11-4-2-3-10(12(11)16(17)18)14-7-9-5-6-13-8-15-9/h2-6,8,14H,7H2,1H3. The van der Waals surface area contributed by atoms with Gasteiger partial charge in [-0.1, -0.05) is 6.07 Å². The SMILES string of the molecule is COc1cccc(NCc2ccncn2)c1[N+](=O)[O-]. The molecule has 7 heteroatoms. The molecule has 1 heterocycles. The van der Waals surface area contributed by atoms with Crippen LogP contribution in [0.15, 0.2) is 36.8 Å². The number of nitrogens with one attached hydrogen (secondary N) is 1. The van der Waals surface area contributed by atoms with Gasteiger partial charge in [-0.15, -0.1) is 0 Å². The van der Waals surface area contributed by atoms with E-state index in [0.717, 1.165) is 5.69 Å². The summed E-state index contributed by atoms with van der Waals surface area (Å²) in [5, 5.41) is 14.0. The van der Waals surface area contributed by atoms with E-state index < -0.39 is 4.92 Å². The highest BCUT2D eigenvalue weighted by Crippen LogP contribution is 2.34. The van der Waals surface area contributed by atoms with Gasteiger partial charge in [0.1, 0.15) is 12.0 Å². The topological polar surface area (TPSA) is 90.2 Å². The monoisotopic (exact) mass is 260 g/mol. The Labute approximate surface area is 109 Å². The minimum Gasteiger partial charge on any atom is -0.490 e. The van der Waals surface area contributed by atoms with E-state index in [1.165, 1.54) is 13.4 Å². The minimum absolute atomic E-state index is 0.0842. The van der Waals surface area contributed by atoms with E-state index in [1.54, 1.807) is 30.5 Å². The second kappa shape index (κ2) is 5.76. The van der Waals surface area contributed by atoms with Gasteiger partial charge in [-0.3, -0.25) is 10.1 Å². The Kier molecular flexibility index (Phi) is 3.87. The molecule has 0 radical (unpaired) electrons. The number of rotatable bonds is 5. The highest BCUT2D eigenvalue weighted by molar-refractivity contribution is 5.68. The van der Waals surface area contributed by atoms with Crippen molar-refractivity contribution in [3.63, 3.8) is 0 Å². The zero-order valence-electron chi connectivity index (χ0n) is 10.2. The van der Waals surface area contributed by atoms with Gasteiger partial charge in [0.15, 0.2) is 5.75 Å². The Morgan fingerprint density at radius 1 is 1.42 bits per heavy atom. The normalized spacial score (nSPS) is 9.95. The van der Waals surface area contributed by atoms with Gasteiger partial charge in [0, 0.05) is 6.20 Å². The molecule has 0 amide bonds. The summed E-state index contributed by atoms with van der Waals surface area (Å²) in [4.78, 5) is 18.4. The van der Waals surface area contributed by atoms with Gasteiger partial charge < -0.3 is 10.1 Å². The first-order chi connectivity index (χ1) is 9.22. The molecule has 7 nitrogen and oxygen atoms in total. The van der Waals surface area contributed by atoms with Crippen molar-refractivity contribution in [2.24, 2.45) is 0 Å². The van der Waals surface area contributed by atoms with Crippen LogP contribution < -0.4 is 10.1 Å². The molecule has 1 N–H and O–H groups in total. The van der Waals surface area contributed by atoms with Crippen LogP contribution >= 0.6 is 0 Å². The molecule has 0 aliphatic rings. The molecule has 0 unspecified atom stereocenters. The van der Waals surface area contributed by atoms with E-state index in [9.17, 15) is 10.1 Å². The summed E-state index contributed by atoms with van der Waals surface area (Å²) in [7, 11) is 1.40. The van der Waals surface area contributed by atoms with Gasteiger partial charge in [0.05, 0.1) is 24.3 Å². The highest BCUT2D eigenvalue weighted by atomic mass is 16.6. The van der Waals surface area contributed by atoms with E-state index in [-0.39, 0.29) is 11.4 Å². The van der Waals surface area contributed by atoms with E-state index in [0.29, 0.717) is 12.2 Å². The van der Waals surface area contributed by atoms with Crippen LogP contribution in [0.5, 0.6) is 5.75 Å². The quantitative estimate of drug-likeness (QED) is 0.653. The predicted molar refractivity (Wildman–Crippen MR) is 69.0 cm³/mol. The van der Waals surface area contributed by atoms with Crippen LogP contribution in [0.2, 0.25) is 0 Å². The lowest BCUT2D eigenvalue weighted by molar-refractivity contribution is -0.384. The van der Waals surface area contributed by atoms with Crippen LogP contribution in [0.1, 0.15) is 5.69 Å². The maximum absolute atomic E-state index is 11.1. The minimum atomic E-state index is -0.471. The van der Waals surface area contributed by atoms with Crippen LogP contribution in [0.25, 0.3) is 0 Å². The number of nitrogens with zero attached hydrogens (tertiary/aromatic N) is 3. The zero-order chi connectivity index (χ0) is 13.7. The van der Waals surface area contributed by atoms with Crippen molar-refractivity contribution in [3.8, 4) is 5.75 Å². The molecule has 0 fully saturated rings. The number of benzene rings is 1. The summed E-state index contributed by atoms with van der Waals surface area (Å²) < 4.78 is 4.99. The fourth-order valence-electron chi connectivity index (χ4n) is 1.63. The maximum atomic E-state index is 11.1. The molecule has 0 aliphatic heterocycles. The van der Waals surface area contributed by atoms with Crippen molar-refractivity contribution in [1.82, 2.24) is 9.97 Å². The summed E-state index contributed by atoms with van der Waals surface area (Å²) >= 11 is 0. The van der Waals surface area contributed by atoms with E-state index in [2.05, 4.69) is 15.3 Å². The predicted octanol–water partition coefficient (Wildman–Crippen LogP) is 2.01. The molecule has 0 saturated carbocycles. The number of ether oxygens (including phenoxy) is 1. The average molecular weight is 260 g/mol. The van der Waals surface area contributed by atoms with E-state index >= 15 is 0 Å². The number of para-hydroxylation sites is 1. The molecule has 2 rings (SSSR count). The number of aromatic nitrogens is 2. The van der Waals surface area contributed by atoms with Crippen molar-refractivity contribution < 1.29 is 9.66 Å². The van der Waals surface area contributed by atoms with Crippen LogP contribution in [-0.4, -0.2) is 22.0 Å². The van der Waals surface area contributed by atoms with Crippen LogP contribution in [-0.2, 0) is 6.54 Å². The second-order valence-electron chi connectivity index (χ2n) is 3.67. The lowest BCUT2D eigenvalue weighted by atomic mass is 10.2.